The molecule has 116 valence electrons. The van der Waals surface area contributed by atoms with Crippen LogP contribution in [-0.4, -0.2) is 46.0 Å². The normalized spacial score (nSPS) is 28.0. The van der Waals surface area contributed by atoms with Crippen LogP contribution in [0.1, 0.15) is 17.7 Å². The molecule has 1 aliphatic heterocycles. The molecular weight excluding hydrogens is 294 g/mol. The van der Waals surface area contributed by atoms with Crippen LogP contribution in [-0.2, 0) is 6.54 Å². The fourth-order valence-electron chi connectivity index (χ4n) is 4.12. The van der Waals surface area contributed by atoms with Crippen LogP contribution in [0.5, 0.6) is 0 Å². The van der Waals surface area contributed by atoms with E-state index in [-0.39, 0.29) is 0 Å². The molecule has 0 unspecified atom stereocenters. The Balaban J connectivity index is 1.44. The van der Waals surface area contributed by atoms with Crippen molar-refractivity contribution < 1.29 is 0 Å². The van der Waals surface area contributed by atoms with Gasteiger partial charge in [0.15, 0.2) is 0 Å². The Bertz CT molecular complexity index is 602. The predicted molar refractivity (Wildman–Crippen MR) is 87.8 cm³/mol. The third-order valence-electron chi connectivity index (χ3n) is 5.17. The zero-order valence-electron chi connectivity index (χ0n) is 12.8. The summed E-state index contributed by atoms with van der Waals surface area (Å²) >= 11 is 1.76. The molecule has 2 aliphatic rings. The fraction of sp³-hybridized carbons (Fsp3) is 0.562. The first kappa shape index (κ1) is 14.1. The van der Waals surface area contributed by atoms with Crippen LogP contribution in [0.25, 0.3) is 0 Å². The summed E-state index contributed by atoms with van der Waals surface area (Å²) < 4.78 is 0. The molecule has 0 N–H and O–H groups in total. The molecule has 0 spiro atoms. The number of hydrogen-bond donors (Lipinski definition) is 0. The van der Waals surface area contributed by atoms with Crippen molar-refractivity contribution in [2.75, 3.05) is 25.0 Å². The van der Waals surface area contributed by atoms with Crippen molar-refractivity contribution in [3.63, 3.8) is 0 Å². The van der Waals surface area contributed by atoms with E-state index in [4.69, 9.17) is 0 Å². The SMILES string of the molecule is CN(c1cnccn1)[C@@H]1CC[C@@H]2CN(Cc3cncs3)C[C@@H]21. The van der Waals surface area contributed by atoms with Gasteiger partial charge in [0.1, 0.15) is 5.82 Å². The molecule has 1 saturated heterocycles. The molecular formula is C16H21N5S. The van der Waals surface area contributed by atoms with E-state index in [1.807, 2.05) is 17.9 Å². The first-order valence-electron chi connectivity index (χ1n) is 7.90. The highest BCUT2D eigenvalue weighted by Gasteiger charge is 2.44. The molecule has 3 atom stereocenters. The first-order valence-corrected chi connectivity index (χ1v) is 8.78. The Hall–Kier alpha value is -1.53. The maximum Gasteiger partial charge on any atom is 0.147 e. The molecule has 0 amide bonds. The molecule has 22 heavy (non-hydrogen) atoms. The van der Waals surface area contributed by atoms with Gasteiger partial charge >= 0.3 is 0 Å². The Morgan fingerprint density at radius 3 is 2.95 bits per heavy atom. The number of thiazole rings is 1. The molecule has 0 radical (unpaired) electrons. The number of nitrogens with zero attached hydrogens (tertiary/aromatic N) is 5. The van der Waals surface area contributed by atoms with Crippen LogP contribution in [0.15, 0.2) is 30.3 Å². The number of aromatic nitrogens is 3. The van der Waals surface area contributed by atoms with Crippen molar-refractivity contribution in [3.05, 3.63) is 35.2 Å². The number of anilines is 1. The maximum atomic E-state index is 4.46. The third kappa shape index (κ3) is 2.61. The molecule has 2 aromatic rings. The van der Waals surface area contributed by atoms with E-state index in [1.54, 1.807) is 23.7 Å². The molecule has 3 heterocycles. The van der Waals surface area contributed by atoms with Gasteiger partial charge < -0.3 is 4.90 Å². The van der Waals surface area contributed by atoms with Crippen molar-refractivity contribution in [1.82, 2.24) is 19.9 Å². The Morgan fingerprint density at radius 2 is 2.18 bits per heavy atom. The highest BCUT2D eigenvalue weighted by atomic mass is 32.1. The lowest BCUT2D eigenvalue weighted by molar-refractivity contribution is 0.299. The standard InChI is InChI=1S/C16H21N5S/c1-20(16-7-17-4-5-19-16)15-3-2-12-8-21(10-14(12)15)9-13-6-18-11-22-13/h4-7,11-12,14-15H,2-3,8-10H2,1H3/t12-,14+,15-/m1/s1. The average molecular weight is 315 g/mol. The van der Waals surface area contributed by atoms with Crippen LogP contribution in [0, 0.1) is 11.8 Å². The van der Waals surface area contributed by atoms with Gasteiger partial charge in [0.25, 0.3) is 0 Å². The van der Waals surface area contributed by atoms with Crippen molar-refractivity contribution in [3.8, 4) is 0 Å². The number of hydrogen-bond acceptors (Lipinski definition) is 6. The Labute approximate surface area is 135 Å². The highest BCUT2D eigenvalue weighted by Crippen LogP contribution is 2.41. The lowest BCUT2D eigenvalue weighted by Crippen LogP contribution is -2.38. The summed E-state index contributed by atoms with van der Waals surface area (Å²) in [6.45, 7) is 3.48. The molecule has 6 heteroatoms. The molecule has 0 bridgehead atoms. The van der Waals surface area contributed by atoms with Crippen molar-refractivity contribution >= 4 is 17.2 Å². The van der Waals surface area contributed by atoms with E-state index in [2.05, 4.69) is 31.8 Å². The second-order valence-electron chi connectivity index (χ2n) is 6.40. The van der Waals surface area contributed by atoms with Crippen molar-refractivity contribution in [2.45, 2.75) is 25.4 Å². The maximum absolute atomic E-state index is 4.46. The zero-order valence-corrected chi connectivity index (χ0v) is 13.6. The average Bonchev–Trinajstić information content (AvgIpc) is 3.25. The second-order valence-corrected chi connectivity index (χ2v) is 7.38. The van der Waals surface area contributed by atoms with Crippen LogP contribution >= 0.6 is 11.3 Å². The van der Waals surface area contributed by atoms with Gasteiger partial charge in [0.2, 0.25) is 0 Å². The smallest absolute Gasteiger partial charge is 0.147 e. The van der Waals surface area contributed by atoms with Crippen molar-refractivity contribution in [1.29, 1.82) is 0 Å². The molecule has 1 aliphatic carbocycles. The van der Waals surface area contributed by atoms with Crippen LogP contribution in [0.2, 0.25) is 0 Å². The van der Waals surface area contributed by atoms with Gasteiger partial charge in [0.05, 0.1) is 11.7 Å². The third-order valence-corrected chi connectivity index (χ3v) is 5.93. The first-order chi connectivity index (χ1) is 10.8. The molecule has 1 saturated carbocycles. The van der Waals surface area contributed by atoms with Gasteiger partial charge in [-0.15, -0.1) is 11.3 Å². The number of rotatable bonds is 4. The van der Waals surface area contributed by atoms with E-state index < -0.39 is 0 Å². The summed E-state index contributed by atoms with van der Waals surface area (Å²) in [6.07, 6.45) is 10.00. The lowest BCUT2D eigenvalue weighted by atomic mass is 9.97. The highest BCUT2D eigenvalue weighted by molar-refractivity contribution is 7.09. The van der Waals surface area contributed by atoms with Gasteiger partial charge in [0, 0.05) is 56.2 Å². The molecule has 2 aromatic heterocycles. The largest absolute Gasteiger partial charge is 0.355 e. The summed E-state index contributed by atoms with van der Waals surface area (Å²) in [7, 11) is 2.17. The summed E-state index contributed by atoms with van der Waals surface area (Å²) in [5, 5.41) is 0. The molecule has 2 fully saturated rings. The quantitative estimate of drug-likeness (QED) is 0.866. The second kappa shape index (κ2) is 5.93. The van der Waals surface area contributed by atoms with E-state index in [1.165, 1.54) is 30.8 Å². The van der Waals surface area contributed by atoms with Gasteiger partial charge in [-0.2, -0.15) is 0 Å². The minimum atomic E-state index is 0.591. The molecule has 5 nitrogen and oxygen atoms in total. The van der Waals surface area contributed by atoms with Crippen molar-refractivity contribution in [2.24, 2.45) is 11.8 Å². The van der Waals surface area contributed by atoms with Crippen LogP contribution in [0.3, 0.4) is 0 Å². The molecule has 4 rings (SSSR count). The summed E-state index contributed by atoms with van der Waals surface area (Å²) in [4.78, 5) is 19.2. The minimum Gasteiger partial charge on any atom is -0.355 e. The predicted octanol–water partition coefficient (Wildman–Crippen LogP) is 2.28. The van der Waals surface area contributed by atoms with Gasteiger partial charge in [-0.1, -0.05) is 0 Å². The molecule has 0 aromatic carbocycles. The summed E-state index contributed by atoms with van der Waals surface area (Å²) in [6, 6.07) is 0.591. The van der Waals surface area contributed by atoms with E-state index >= 15 is 0 Å². The Kier molecular flexibility index (Phi) is 3.80. The van der Waals surface area contributed by atoms with Crippen LogP contribution in [0.4, 0.5) is 5.82 Å². The van der Waals surface area contributed by atoms with Gasteiger partial charge in [-0.3, -0.25) is 14.9 Å². The summed E-state index contributed by atoms with van der Waals surface area (Å²) in [5.41, 5.74) is 1.93. The fourth-order valence-corrected chi connectivity index (χ4v) is 4.76. The number of fused-ring (bicyclic) bond motifs is 1. The number of likely N-dealkylation sites (tertiary alicyclic amines) is 1. The zero-order chi connectivity index (χ0) is 14.9. The lowest BCUT2D eigenvalue weighted by Gasteiger charge is -2.30. The van der Waals surface area contributed by atoms with E-state index in [9.17, 15) is 0 Å². The topological polar surface area (TPSA) is 45.2 Å². The monoisotopic (exact) mass is 315 g/mol. The Morgan fingerprint density at radius 1 is 1.23 bits per heavy atom. The van der Waals surface area contributed by atoms with Gasteiger partial charge in [-0.25, -0.2) is 4.98 Å². The van der Waals surface area contributed by atoms with E-state index in [0.29, 0.717) is 6.04 Å². The van der Waals surface area contributed by atoms with Crippen LogP contribution < -0.4 is 4.90 Å². The summed E-state index contributed by atoms with van der Waals surface area (Å²) in [5.74, 6) is 2.58. The van der Waals surface area contributed by atoms with Gasteiger partial charge in [-0.05, 0) is 24.7 Å². The minimum absolute atomic E-state index is 0.591. The van der Waals surface area contributed by atoms with E-state index in [0.717, 1.165) is 24.2 Å².